The summed E-state index contributed by atoms with van der Waals surface area (Å²) in [7, 11) is 0. The first-order valence-electron chi connectivity index (χ1n) is 6.35. The Bertz CT molecular complexity index is 541. The molecule has 0 fully saturated rings. The third-order valence-corrected chi connectivity index (χ3v) is 2.90. The topological polar surface area (TPSA) is 87.1 Å². The van der Waals surface area contributed by atoms with Gasteiger partial charge in [0, 0.05) is 18.0 Å². The molecule has 6 nitrogen and oxygen atoms in total. The average Bonchev–Trinajstić information content (AvgIpc) is 2.43. The zero-order chi connectivity index (χ0) is 15.9. The summed E-state index contributed by atoms with van der Waals surface area (Å²) < 4.78 is 32.8. The van der Waals surface area contributed by atoms with Crippen LogP contribution in [-0.4, -0.2) is 25.7 Å². The van der Waals surface area contributed by atoms with Crippen LogP contribution in [0.1, 0.15) is 19.4 Å². The van der Waals surface area contributed by atoms with Crippen LogP contribution in [0.2, 0.25) is 0 Å². The Morgan fingerprint density at radius 3 is 2.62 bits per heavy atom. The molecule has 1 atom stereocenters. The molecule has 114 valence electrons. The molecule has 0 saturated heterocycles. The molecule has 0 aliphatic carbocycles. The molecular formula is C13H16F2N4O2. The molecule has 1 unspecified atom stereocenters. The Morgan fingerprint density at radius 1 is 1.48 bits per heavy atom. The van der Waals surface area contributed by atoms with Crippen LogP contribution in [0.25, 0.3) is 10.4 Å². The van der Waals surface area contributed by atoms with Crippen molar-refractivity contribution < 1.29 is 18.3 Å². The highest BCUT2D eigenvalue weighted by molar-refractivity contribution is 5.82. The van der Waals surface area contributed by atoms with Gasteiger partial charge in [-0.05, 0) is 31.5 Å². The van der Waals surface area contributed by atoms with E-state index in [2.05, 4.69) is 15.3 Å². The molecule has 1 N–H and O–H groups in total. The molecular weight excluding hydrogens is 282 g/mol. The number of nitrogens with zero attached hydrogens (tertiary/aromatic N) is 3. The summed E-state index contributed by atoms with van der Waals surface area (Å²) in [5, 5.41) is 5.99. The predicted molar refractivity (Wildman–Crippen MR) is 72.4 cm³/mol. The Balaban J connectivity index is 3.17. The lowest BCUT2D eigenvalue weighted by atomic mass is 9.90. The Labute approximate surface area is 120 Å². The summed E-state index contributed by atoms with van der Waals surface area (Å²) in [5.41, 5.74) is 6.07. The van der Waals surface area contributed by atoms with E-state index in [4.69, 9.17) is 10.3 Å². The molecule has 8 heteroatoms. The summed E-state index contributed by atoms with van der Waals surface area (Å²) >= 11 is 0. The molecule has 1 aromatic rings. The van der Waals surface area contributed by atoms with Gasteiger partial charge in [-0.3, -0.25) is 5.32 Å². The normalized spacial score (nSPS) is 13.1. The fourth-order valence-corrected chi connectivity index (χ4v) is 1.91. The van der Waals surface area contributed by atoms with E-state index < -0.39 is 28.7 Å². The lowest BCUT2D eigenvalue weighted by molar-refractivity contribution is -0.151. The molecule has 0 aromatic heterocycles. The van der Waals surface area contributed by atoms with E-state index in [0.717, 1.165) is 12.1 Å². The second-order valence-corrected chi connectivity index (χ2v) is 4.32. The van der Waals surface area contributed by atoms with Crippen LogP contribution in [0.4, 0.5) is 8.78 Å². The van der Waals surface area contributed by atoms with Crippen LogP contribution < -0.4 is 5.32 Å². The van der Waals surface area contributed by atoms with Gasteiger partial charge >= 0.3 is 5.97 Å². The van der Waals surface area contributed by atoms with Crippen molar-refractivity contribution in [2.24, 2.45) is 5.11 Å². The number of carbonyl (C=O) groups excluding carboxylic acids is 1. The third-order valence-electron chi connectivity index (χ3n) is 2.90. The summed E-state index contributed by atoms with van der Waals surface area (Å²) in [6.45, 7) is 3.08. The van der Waals surface area contributed by atoms with Crippen LogP contribution >= 0.6 is 0 Å². The van der Waals surface area contributed by atoms with Crippen LogP contribution in [0.5, 0.6) is 0 Å². The van der Waals surface area contributed by atoms with Crippen molar-refractivity contribution in [3.05, 3.63) is 45.8 Å². The van der Waals surface area contributed by atoms with Crippen molar-refractivity contribution in [2.45, 2.75) is 19.4 Å². The van der Waals surface area contributed by atoms with E-state index in [1.165, 1.54) is 13.0 Å². The second kappa shape index (κ2) is 7.56. The summed E-state index contributed by atoms with van der Waals surface area (Å²) in [5.74, 6) is -2.53. The van der Waals surface area contributed by atoms with Crippen LogP contribution in [0, 0.1) is 11.6 Å². The zero-order valence-electron chi connectivity index (χ0n) is 11.8. The van der Waals surface area contributed by atoms with E-state index in [0.29, 0.717) is 0 Å². The van der Waals surface area contributed by atoms with Crippen LogP contribution in [0.3, 0.4) is 0 Å². The molecule has 0 radical (unpaired) electrons. The molecule has 0 saturated carbocycles. The SMILES string of the molecule is CCOC(=O)C(C)(NCCN=[N+]=[N-])c1c(F)cccc1F. The first-order valence-corrected chi connectivity index (χ1v) is 6.35. The summed E-state index contributed by atoms with van der Waals surface area (Å²) in [4.78, 5) is 14.7. The Kier molecular flexibility index (Phi) is 6.08. The van der Waals surface area contributed by atoms with Gasteiger partial charge < -0.3 is 4.74 Å². The minimum absolute atomic E-state index is 0.0293. The van der Waals surface area contributed by atoms with E-state index in [1.807, 2.05) is 0 Å². The summed E-state index contributed by atoms with van der Waals surface area (Å²) in [6, 6.07) is 3.33. The van der Waals surface area contributed by atoms with Gasteiger partial charge in [0.25, 0.3) is 0 Å². The standard InChI is InChI=1S/C13H16F2N4O2/c1-3-21-12(20)13(2,17-7-8-18-19-16)11-9(14)5-4-6-10(11)15/h4-6,17H,3,7-8H2,1-2H3. The van der Waals surface area contributed by atoms with Gasteiger partial charge in [-0.1, -0.05) is 11.2 Å². The minimum Gasteiger partial charge on any atom is -0.464 e. The lowest BCUT2D eigenvalue weighted by Crippen LogP contribution is -2.49. The van der Waals surface area contributed by atoms with E-state index in [9.17, 15) is 13.6 Å². The first kappa shape index (κ1) is 16.9. The van der Waals surface area contributed by atoms with Crippen molar-refractivity contribution in [3.8, 4) is 0 Å². The molecule has 0 aliphatic rings. The Morgan fingerprint density at radius 2 is 2.10 bits per heavy atom. The highest BCUT2D eigenvalue weighted by Crippen LogP contribution is 2.28. The number of esters is 1. The largest absolute Gasteiger partial charge is 0.464 e. The number of azide groups is 1. The van der Waals surface area contributed by atoms with Crippen LogP contribution in [0.15, 0.2) is 23.3 Å². The van der Waals surface area contributed by atoms with Gasteiger partial charge in [0.05, 0.1) is 12.2 Å². The maximum atomic E-state index is 14.0. The number of carbonyl (C=O) groups is 1. The number of nitrogens with one attached hydrogen (secondary N) is 1. The number of hydrogen-bond acceptors (Lipinski definition) is 4. The molecule has 21 heavy (non-hydrogen) atoms. The number of rotatable bonds is 7. The fraction of sp³-hybridized carbons (Fsp3) is 0.462. The fourth-order valence-electron chi connectivity index (χ4n) is 1.91. The van der Waals surface area contributed by atoms with Crippen molar-refractivity contribution in [3.63, 3.8) is 0 Å². The van der Waals surface area contributed by atoms with Crippen LogP contribution in [-0.2, 0) is 15.1 Å². The van der Waals surface area contributed by atoms with E-state index in [1.54, 1.807) is 6.92 Å². The third kappa shape index (κ3) is 3.90. The van der Waals surface area contributed by atoms with Gasteiger partial charge in [0.2, 0.25) is 0 Å². The maximum absolute atomic E-state index is 14.0. The van der Waals surface area contributed by atoms with Gasteiger partial charge in [0.1, 0.15) is 17.2 Å². The van der Waals surface area contributed by atoms with Gasteiger partial charge in [0.15, 0.2) is 0 Å². The van der Waals surface area contributed by atoms with Crippen molar-refractivity contribution >= 4 is 5.97 Å². The average molecular weight is 298 g/mol. The van der Waals surface area contributed by atoms with Gasteiger partial charge in [-0.2, -0.15) is 0 Å². The quantitative estimate of drug-likeness (QED) is 0.276. The predicted octanol–water partition coefficient (Wildman–Crippen LogP) is 2.64. The highest BCUT2D eigenvalue weighted by atomic mass is 19.1. The molecule has 0 amide bonds. The number of ether oxygens (including phenoxy) is 1. The zero-order valence-corrected chi connectivity index (χ0v) is 11.8. The smallest absolute Gasteiger partial charge is 0.330 e. The van der Waals surface area contributed by atoms with E-state index in [-0.39, 0.29) is 19.7 Å². The molecule has 0 heterocycles. The van der Waals surface area contributed by atoms with Crippen molar-refractivity contribution in [1.29, 1.82) is 0 Å². The molecule has 1 rings (SSSR count). The molecule has 0 spiro atoms. The monoisotopic (exact) mass is 298 g/mol. The van der Waals surface area contributed by atoms with Crippen molar-refractivity contribution in [2.75, 3.05) is 19.7 Å². The molecule has 0 aliphatic heterocycles. The highest BCUT2D eigenvalue weighted by Gasteiger charge is 2.40. The number of hydrogen-bond donors (Lipinski definition) is 1. The van der Waals surface area contributed by atoms with Gasteiger partial charge in [-0.25, -0.2) is 13.6 Å². The number of halogens is 2. The van der Waals surface area contributed by atoms with E-state index >= 15 is 0 Å². The first-order chi connectivity index (χ1) is 9.97. The second-order valence-electron chi connectivity index (χ2n) is 4.32. The lowest BCUT2D eigenvalue weighted by Gasteiger charge is -2.29. The Hall–Kier alpha value is -2.18. The molecule has 0 bridgehead atoms. The summed E-state index contributed by atoms with van der Waals surface area (Å²) in [6.07, 6.45) is 0. The van der Waals surface area contributed by atoms with Gasteiger partial charge in [-0.15, -0.1) is 0 Å². The van der Waals surface area contributed by atoms with Crippen molar-refractivity contribution in [1.82, 2.24) is 5.32 Å². The minimum atomic E-state index is -1.71. The maximum Gasteiger partial charge on any atom is 0.330 e. The number of benzene rings is 1. The molecule has 1 aromatic carbocycles.